The van der Waals surface area contributed by atoms with E-state index >= 15 is 0 Å². The zero-order chi connectivity index (χ0) is 9.42. The highest BCUT2D eigenvalue weighted by Gasteiger charge is 2.04. The number of nitrogens with two attached hydrogens (primary N) is 1. The van der Waals surface area contributed by atoms with Gasteiger partial charge in [0.2, 0.25) is 0 Å². The second-order valence-corrected chi connectivity index (χ2v) is 4.14. The van der Waals surface area contributed by atoms with Crippen LogP contribution in [-0.4, -0.2) is 5.11 Å². The minimum Gasteiger partial charge on any atom is -0.508 e. The zero-order valence-electron chi connectivity index (χ0n) is 7.37. The smallest absolute Gasteiger partial charge is 0.119 e. The Kier molecular flexibility index (Phi) is 1.88. The molecule has 2 rings (SSSR count). The third-order valence-electron chi connectivity index (χ3n) is 2.12. The summed E-state index contributed by atoms with van der Waals surface area (Å²) in [5.41, 5.74) is 6.65. The van der Waals surface area contributed by atoms with Crippen molar-refractivity contribution in [2.24, 2.45) is 0 Å². The van der Waals surface area contributed by atoms with E-state index < -0.39 is 0 Å². The fourth-order valence-corrected chi connectivity index (χ4v) is 2.30. The van der Waals surface area contributed by atoms with Crippen LogP contribution in [0.4, 0.5) is 5.00 Å². The lowest BCUT2D eigenvalue weighted by atomic mass is 10.1. The van der Waals surface area contributed by atoms with E-state index in [9.17, 15) is 5.11 Å². The summed E-state index contributed by atoms with van der Waals surface area (Å²) in [6, 6.07) is 5.67. The molecule has 1 heterocycles. The second kappa shape index (κ2) is 2.92. The highest BCUT2D eigenvalue weighted by molar-refractivity contribution is 7.22. The molecule has 2 nitrogen and oxygen atoms in total. The van der Waals surface area contributed by atoms with Crippen molar-refractivity contribution in [3.05, 3.63) is 23.8 Å². The van der Waals surface area contributed by atoms with E-state index in [0.717, 1.165) is 27.1 Å². The Morgan fingerprint density at radius 1 is 1.38 bits per heavy atom. The summed E-state index contributed by atoms with van der Waals surface area (Å²) < 4.78 is 1.15. The number of fused-ring (bicyclic) bond motifs is 1. The van der Waals surface area contributed by atoms with Crippen LogP contribution in [-0.2, 0) is 6.42 Å². The molecule has 0 bridgehead atoms. The maximum atomic E-state index is 9.58. The Hall–Kier alpha value is -1.22. The van der Waals surface area contributed by atoms with E-state index in [1.165, 1.54) is 0 Å². The SMILES string of the molecule is CCc1cc2sc(N)cc2cc1O. The molecule has 0 atom stereocenters. The van der Waals surface area contributed by atoms with Crippen molar-refractivity contribution in [1.82, 2.24) is 0 Å². The monoisotopic (exact) mass is 193 g/mol. The van der Waals surface area contributed by atoms with Gasteiger partial charge in [-0.2, -0.15) is 0 Å². The highest BCUT2D eigenvalue weighted by Crippen LogP contribution is 2.32. The van der Waals surface area contributed by atoms with Gasteiger partial charge in [-0.15, -0.1) is 11.3 Å². The van der Waals surface area contributed by atoms with Gasteiger partial charge in [-0.1, -0.05) is 6.92 Å². The molecule has 13 heavy (non-hydrogen) atoms. The minimum absolute atomic E-state index is 0.368. The molecule has 1 aromatic heterocycles. The molecule has 0 radical (unpaired) electrons. The van der Waals surface area contributed by atoms with Gasteiger partial charge in [-0.3, -0.25) is 0 Å². The lowest BCUT2D eigenvalue weighted by molar-refractivity contribution is 0.470. The Bertz CT molecular complexity index is 447. The summed E-state index contributed by atoms with van der Waals surface area (Å²) in [4.78, 5) is 0. The van der Waals surface area contributed by atoms with E-state index in [4.69, 9.17) is 5.73 Å². The fourth-order valence-electron chi connectivity index (χ4n) is 1.42. The van der Waals surface area contributed by atoms with E-state index in [-0.39, 0.29) is 0 Å². The first-order valence-electron chi connectivity index (χ1n) is 4.21. The number of anilines is 1. The normalized spacial score (nSPS) is 10.8. The molecule has 1 aromatic carbocycles. The van der Waals surface area contributed by atoms with Crippen LogP contribution < -0.4 is 5.73 Å². The molecule has 68 valence electrons. The third-order valence-corrected chi connectivity index (χ3v) is 3.04. The fraction of sp³-hybridized carbons (Fsp3) is 0.200. The van der Waals surface area contributed by atoms with Crippen LogP contribution in [0.1, 0.15) is 12.5 Å². The molecule has 2 aromatic rings. The van der Waals surface area contributed by atoms with Crippen LogP contribution in [0.5, 0.6) is 5.75 Å². The summed E-state index contributed by atoms with van der Waals surface area (Å²) in [7, 11) is 0. The molecular formula is C10H11NOS. The van der Waals surface area contributed by atoms with Gasteiger partial charge in [-0.25, -0.2) is 0 Å². The molecular weight excluding hydrogens is 182 g/mol. The predicted molar refractivity (Wildman–Crippen MR) is 57.3 cm³/mol. The van der Waals surface area contributed by atoms with Crippen molar-refractivity contribution in [3.8, 4) is 5.75 Å². The number of benzene rings is 1. The van der Waals surface area contributed by atoms with E-state index in [0.29, 0.717) is 5.75 Å². The first-order chi connectivity index (χ1) is 6.20. The summed E-state index contributed by atoms with van der Waals surface area (Å²) in [6.45, 7) is 2.03. The average molecular weight is 193 g/mol. The van der Waals surface area contributed by atoms with Gasteiger partial charge < -0.3 is 10.8 Å². The summed E-state index contributed by atoms with van der Waals surface area (Å²) in [5.74, 6) is 0.368. The van der Waals surface area contributed by atoms with Gasteiger partial charge in [0, 0.05) is 4.70 Å². The molecule has 0 amide bonds. The molecule has 0 aliphatic carbocycles. The first kappa shape index (κ1) is 8.38. The molecule has 0 aliphatic rings. The largest absolute Gasteiger partial charge is 0.508 e. The molecule has 0 unspecified atom stereocenters. The van der Waals surface area contributed by atoms with Gasteiger partial charge in [0.05, 0.1) is 5.00 Å². The molecule has 3 heteroatoms. The van der Waals surface area contributed by atoms with Gasteiger partial charge in [-0.05, 0) is 35.6 Å². The molecule has 3 N–H and O–H groups in total. The van der Waals surface area contributed by atoms with Crippen molar-refractivity contribution < 1.29 is 5.11 Å². The minimum atomic E-state index is 0.368. The number of thiophene rings is 1. The number of aryl methyl sites for hydroxylation is 1. The lowest BCUT2D eigenvalue weighted by Crippen LogP contribution is -1.79. The number of phenols is 1. The molecule has 0 saturated carbocycles. The maximum absolute atomic E-state index is 9.58. The lowest BCUT2D eigenvalue weighted by Gasteiger charge is -2.00. The Labute approximate surface area is 80.6 Å². The van der Waals surface area contributed by atoms with Crippen molar-refractivity contribution in [3.63, 3.8) is 0 Å². The highest BCUT2D eigenvalue weighted by atomic mass is 32.1. The number of hydrogen-bond acceptors (Lipinski definition) is 3. The Morgan fingerprint density at radius 2 is 2.15 bits per heavy atom. The van der Waals surface area contributed by atoms with Crippen molar-refractivity contribution in [1.29, 1.82) is 0 Å². The molecule has 0 spiro atoms. The summed E-state index contributed by atoms with van der Waals surface area (Å²) in [6.07, 6.45) is 0.847. The van der Waals surface area contributed by atoms with Crippen LogP contribution in [0.15, 0.2) is 18.2 Å². The van der Waals surface area contributed by atoms with Crippen LogP contribution in [0.3, 0.4) is 0 Å². The van der Waals surface area contributed by atoms with Crippen LogP contribution in [0.25, 0.3) is 10.1 Å². The molecule has 0 saturated heterocycles. The van der Waals surface area contributed by atoms with Gasteiger partial charge in [0.15, 0.2) is 0 Å². The predicted octanol–water partition coefficient (Wildman–Crippen LogP) is 2.75. The molecule has 0 fully saturated rings. The number of nitrogen functional groups attached to an aromatic ring is 1. The zero-order valence-corrected chi connectivity index (χ0v) is 8.19. The Morgan fingerprint density at radius 3 is 2.85 bits per heavy atom. The number of rotatable bonds is 1. The second-order valence-electron chi connectivity index (χ2n) is 3.02. The third kappa shape index (κ3) is 1.35. The number of phenolic OH excluding ortho intramolecular Hbond substituents is 1. The first-order valence-corrected chi connectivity index (χ1v) is 5.03. The topological polar surface area (TPSA) is 46.2 Å². The maximum Gasteiger partial charge on any atom is 0.119 e. The van der Waals surface area contributed by atoms with Gasteiger partial charge >= 0.3 is 0 Å². The van der Waals surface area contributed by atoms with Gasteiger partial charge in [0.25, 0.3) is 0 Å². The van der Waals surface area contributed by atoms with Crippen LogP contribution >= 0.6 is 11.3 Å². The van der Waals surface area contributed by atoms with Crippen LogP contribution in [0, 0.1) is 0 Å². The quantitative estimate of drug-likeness (QED) is 0.731. The number of hydrogen-bond donors (Lipinski definition) is 2. The van der Waals surface area contributed by atoms with Crippen molar-refractivity contribution in [2.45, 2.75) is 13.3 Å². The average Bonchev–Trinajstić information content (AvgIpc) is 2.42. The van der Waals surface area contributed by atoms with Crippen molar-refractivity contribution in [2.75, 3.05) is 5.73 Å². The summed E-state index contributed by atoms with van der Waals surface area (Å²) >= 11 is 1.56. The van der Waals surface area contributed by atoms with E-state index in [1.807, 2.05) is 19.1 Å². The standard InChI is InChI=1S/C10H11NOS/c1-2-6-4-9-7(3-8(6)12)5-10(11)13-9/h3-5,12H,2,11H2,1H3. The van der Waals surface area contributed by atoms with E-state index in [2.05, 4.69) is 0 Å². The molecule has 0 aliphatic heterocycles. The van der Waals surface area contributed by atoms with Crippen molar-refractivity contribution >= 4 is 26.4 Å². The van der Waals surface area contributed by atoms with Crippen LogP contribution in [0.2, 0.25) is 0 Å². The Balaban J connectivity index is 2.72. The number of aromatic hydroxyl groups is 1. The van der Waals surface area contributed by atoms with Gasteiger partial charge in [0.1, 0.15) is 5.75 Å². The van der Waals surface area contributed by atoms with E-state index in [1.54, 1.807) is 17.4 Å². The summed E-state index contributed by atoms with van der Waals surface area (Å²) in [5, 5.41) is 11.4.